The van der Waals surface area contributed by atoms with E-state index < -0.39 is 0 Å². The maximum absolute atomic E-state index is 6.39. The lowest BCUT2D eigenvalue weighted by molar-refractivity contribution is -0.0455. The highest BCUT2D eigenvalue weighted by molar-refractivity contribution is 5.06. The summed E-state index contributed by atoms with van der Waals surface area (Å²) >= 11 is 0. The fourth-order valence-corrected chi connectivity index (χ4v) is 5.90. The zero-order chi connectivity index (χ0) is 12.9. The lowest BCUT2D eigenvalue weighted by Gasteiger charge is -2.56. The van der Waals surface area contributed by atoms with E-state index in [1.165, 1.54) is 77.3 Å². The zero-order valence-corrected chi connectivity index (χ0v) is 12.3. The third-order valence-corrected chi connectivity index (χ3v) is 7.09. The molecule has 0 aromatic heterocycles. The van der Waals surface area contributed by atoms with Crippen molar-refractivity contribution in [1.29, 1.82) is 0 Å². The Morgan fingerprint density at radius 2 is 1.68 bits per heavy atom. The van der Waals surface area contributed by atoms with Gasteiger partial charge in [0.1, 0.15) is 0 Å². The fraction of sp³-hybridized carbons (Fsp3) is 1.00. The molecule has 2 heteroatoms. The number of fused-ring (bicyclic) bond motifs is 1. The molecule has 0 amide bonds. The molecule has 0 radical (unpaired) electrons. The van der Waals surface area contributed by atoms with Crippen LogP contribution in [0, 0.1) is 17.3 Å². The van der Waals surface area contributed by atoms with E-state index in [0.717, 1.165) is 23.3 Å². The third-order valence-electron chi connectivity index (χ3n) is 7.09. The van der Waals surface area contributed by atoms with Crippen LogP contribution in [0.3, 0.4) is 0 Å². The lowest BCUT2D eigenvalue weighted by Crippen LogP contribution is -2.55. The highest BCUT2D eigenvalue weighted by Gasteiger charge is 2.52. The maximum Gasteiger partial charge on any atom is 0.0152 e. The molecule has 108 valence electrons. The van der Waals surface area contributed by atoms with E-state index in [1.54, 1.807) is 0 Å². The number of likely N-dealkylation sites (tertiary alicyclic amines) is 1. The van der Waals surface area contributed by atoms with Crippen molar-refractivity contribution in [1.82, 2.24) is 4.90 Å². The van der Waals surface area contributed by atoms with Gasteiger partial charge in [0.25, 0.3) is 0 Å². The molecule has 2 nitrogen and oxygen atoms in total. The Balaban J connectivity index is 1.46. The summed E-state index contributed by atoms with van der Waals surface area (Å²) in [5, 5.41) is 0. The molecular formula is C17H30N2. The first-order valence-electron chi connectivity index (χ1n) is 8.78. The van der Waals surface area contributed by atoms with Crippen LogP contribution < -0.4 is 5.73 Å². The Hall–Kier alpha value is -0.0800. The van der Waals surface area contributed by atoms with Gasteiger partial charge in [-0.2, -0.15) is 0 Å². The predicted molar refractivity (Wildman–Crippen MR) is 78.9 cm³/mol. The minimum Gasteiger partial charge on any atom is -0.327 e. The van der Waals surface area contributed by atoms with Gasteiger partial charge in [-0.3, -0.25) is 4.90 Å². The molecule has 4 fully saturated rings. The largest absolute Gasteiger partial charge is 0.327 e. The highest BCUT2D eigenvalue weighted by atomic mass is 15.2. The Morgan fingerprint density at radius 1 is 0.842 bits per heavy atom. The van der Waals surface area contributed by atoms with Crippen LogP contribution in [0.4, 0.5) is 0 Å². The standard InChI is InChI=1S/C17H30N2/c18-15-6-4-5-13-11-19(12-14(13)15)16-7-10-17(16)8-2-1-3-9-17/h13-16H,1-12,18H2. The first-order valence-corrected chi connectivity index (χ1v) is 8.78. The van der Waals surface area contributed by atoms with Gasteiger partial charge in [-0.15, -0.1) is 0 Å². The van der Waals surface area contributed by atoms with E-state index in [2.05, 4.69) is 4.90 Å². The minimum atomic E-state index is 0.506. The Labute approximate surface area is 118 Å². The van der Waals surface area contributed by atoms with E-state index in [1.807, 2.05) is 0 Å². The normalized spacial score (nSPS) is 45.9. The fourth-order valence-electron chi connectivity index (χ4n) is 5.90. The first-order chi connectivity index (χ1) is 9.28. The molecule has 1 aliphatic heterocycles. The second-order valence-corrected chi connectivity index (χ2v) is 7.95. The van der Waals surface area contributed by atoms with Gasteiger partial charge in [0.15, 0.2) is 0 Å². The summed E-state index contributed by atoms with van der Waals surface area (Å²) in [7, 11) is 0. The topological polar surface area (TPSA) is 29.3 Å². The van der Waals surface area contributed by atoms with Crippen molar-refractivity contribution >= 4 is 0 Å². The summed E-state index contributed by atoms with van der Waals surface area (Å²) in [6.45, 7) is 2.71. The van der Waals surface area contributed by atoms with Gasteiger partial charge in [0, 0.05) is 25.2 Å². The molecule has 0 aromatic carbocycles. The summed E-state index contributed by atoms with van der Waals surface area (Å²) in [5.41, 5.74) is 7.13. The zero-order valence-electron chi connectivity index (χ0n) is 12.3. The van der Waals surface area contributed by atoms with E-state index in [-0.39, 0.29) is 0 Å². The van der Waals surface area contributed by atoms with Crippen molar-refractivity contribution < 1.29 is 0 Å². The van der Waals surface area contributed by atoms with Crippen molar-refractivity contribution in [2.75, 3.05) is 13.1 Å². The minimum absolute atomic E-state index is 0.506. The summed E-state index contributed by atoms with van der Waals surface area (Å²) in [5.74, 6) is 1.76. The summed E-state index contributed by atoms with van der Waals surface area (Å²) in [6, 6.07) is 1.44. The quantitative estimate of drug-likeness (QED) is 0.786. The van der Waals surface area contributed by atoms with Gasteiger partial charge in [0.2, 0.25) is 0 Å². The maximum atomic E-state index is 6.39. The van der Waals surface area contributed by atoms with E-state index in [9.17, 15) is 0 Å². The summed E-state index contributed by atoms with van der Waals surface area (Å²) in [6.07, 6.45) is 14.7. The van der Waals surface area contributed by atoms with Crippen LogP contribution >= 0.6 is 0 Å². The van der Waals surface area contributed by atoms with Crippen LogP contribution in [0.5, 0.6) is 0 Å². The molecule has 19 heavy (non-hydrogen) atoms. The molecule has 1 saturated heterocycles. The van der Waals surface area contributed by atoms with Crippen LogP contribution in [0.1, 0.15) is 64.2 Å². The molecule has 3 saturated carbocycles. The Bertz CT molecular complexity index is 334. The lowest BCUT2D eigenvalue weighted by atomic mass is 9.57. The van der Waals surface area contributed by atoms with Gasteiger partial charge in [-0.05, 0) is 55.8 Å². The molecule has 4 aliphatic rings. The van der Waals surface area contributed by atoms with Crippen LogP contribution in [0.15, 0.2) is 0 Å². The van der Waals surface area contributed by atoms with Crippen LogP contribution in [0.2, 0.25) is 0 Å². The molecular weight excluding hydrogens is 232 g/mol. The van der Waals surface area contributed by atoms with E-state index >= 15 is 0 Å². The number of hydrogen-bond acceptors (Lipinski definition) is 2. The molecule has 4 unspecified atom stereocenters. The average molecular weight is 262 g/mol. The smallest absolute Gasteiger partial charge is 0.0152 e. The number of nitrogens with zero attached hydrogens (tertiary/aromatic N) is 1. The number of rotatable bonds is 1. The average Bonchev–Trinajstić information content (AvgIpc) is 2.83. The summed E-state index contributed by atoms with van der Waals surface area (Å²) < 4.78 is 0. The van der Waals surface area contributed by atoms with Crippen LogP contribution in [0.25, 0.3) is 0 Å². The van der Waals surface area contributed by atoms with Crippen LogP contribution in [-0.4, -0.2) is 30.1 Å². The first kappa shape index (κ1) is 12.6. The molecule has 2 N–H and O–H groups in total. The molecule has 1 spiro atoms. The monoisotopic (exact) mass is 262 g/mol. The molecule has 0 bridgehead atoms. The van der Waals surface area contributed by atoms with Crippen molar-refractivity contribution in [3.63, 3.8) is 0 Å². The van der Waals surface area contributed by atoms with Gasteiger partial charge >= 0.3 is 0 Å². The Morgan fingerprint density at radius 3 is 2.37 bits per heavy atom. The SMILES string of the molecule is NC1CCCC2CN(C3CCC34CCCCC4)CC12. The highest BCUT2D eigenvalue weighted by Crippen LogP contribution is 2.55. The van der Waals surface area contributed by atoms with Crippen molar-refractivity contribution in [2.45, 2.75) is 76.3 Å². The van der Waals surface area contributed by atoms with Crippen molar-refractivity contribution in [3.05, 3.63) is 0 Å². The van der Waals surface area contributed by atoms with E-state index in [0.29, 0.717) is 6.04 Å². The number of nitrogens with two attached hydrogens (primary N) is 1. The Kier molecular flexibility index (Phi) is 3.15. The van der Waals surface area contributed by atoms with Gasteiger partial charge in [-0.1, -0.05) is 25.7 Å². The van der Waals surface area contributed by atoms with Gasteiger partial charge in [-0.25, -0.2) is 0 Å². The number of hydrogen-bond donors (Lipinski definition) is 1. The molecule has 3 aliphatic carbocycles. The third kappa shape index (κ3) is 1.98. The second-order valence-electron chi connectivity index (χ2n) is 7.95. The molecule has 1 heterocycles. The summed E-state index contributed by atoms with van der Waals surface area (Å²) in [4.78, 5) is 2.88. The van der Waals surface area contributed by atoms with Gasteiger partial charge < -0.3 is 5.73 Å². The molecule has 4 rings (SSSR count). The van der Waals surface area contributed by atoms with Crippen LogP contribution in [-0.2, 0) is 0 Å². The molecule has 0 aromatic rings. The second kappa shape index (κ2) is 4.73. The van der Waals surface area contributed by atoms with Gasteiger partial charge in [0.05, 0.1) is 0 Å². The van der Waals surface area contributed by atoms with Crippen molar-refractivity contribution in [2.24, 2.45) is 23.0 Å². The van der Waals surface area contributed by atoms with E-state index in [4.69, 9.17) is 5.73 Å². The molecule has 4 atom stereocenters. The van der Waals surface area contributed by atoms with Crippen molar-refractivity contribution in [3.8, 4) is 0 Å². The predicted octanol–water partition coefficient (Wildman–Crippen LogP) is 3.16.